The topological polar surface area (TPSA) is 115 Å². The van der Waals surface area contributed by atoms with E-state index in [0.717, 1.165) is 0 Å². The number of primary amides is 1. The molecule has 0 aliphatic rings. The van der Waals surface area contributed by atoms with Gasteiger partial charge in [-0.3, -0.25) is 9.69 Å². The van der Waals surface area contributed by atoms with Crippen LogP contribution in [0, 0.1) is 0 Å². The van der Waals surface area contributed by atoms with E-state index in [-0.39, 0.29) is 6.54 Å². The van der Waals surface area contributed by atoms with E-state index in [4.69, 9.17) is 24.1 Å². The summed E-state index contributed by atoms with van der Waals surface area (Å²) in [5, 5.41) is 8.69. The Morgan fingerprint density at radius 1 is 1.09 bits per heavy atom. The van der Waals surface area contributed by atoms with Gasteiger partial charge in [0.15, 0.2) is 0 Å². The summed E-state index contributed by atoms with van der Waals surface area (Å²) in [5.74, 6) is -0.913. The fourth-order valence-corrected chi connectivity index (χ4v) is 3.68. The van der Waals surface area contributed by atoms with Crippen LogP contribution in [-0.2, 0) is 18.1 Å². The second-order valence-electron chi connectivity index (χ2n) is 4.86. The van der Waals surface area contributed by atoms with E-state index >= 15 is 0 Å². The molecular formula is C12H27N3O6Si. The molecule has 0 rings (SSSR count). The summed E-state index contributed by atoms with van der Waals surface area (Å²) in [7, 11) is 3.62. The number of carboxylic acid groups (broad SMARTS) is 1. The lowest BCUT2D eigenvalue weighted by Crippen LogP contribution is -2.45. The predicted molar refractivity (Wildman–Crippen MR) is 82.5 cm³/mol. The Hall–Kier alpha value is -1.20. The molecule has 0 aromatic carbocycles. The first kappa shape index (κ1) is 20.8. The normalized spacial score (nSPS) is 11.7. The van der Waals surface area contributed by atoms with Crippen molar-refractivity contribution in [3.63, 3.8) is 0 Å². The van der Waals surface area contributed by atoms with E-state index in [9.17, 15) is 9.59 Å². The van der Waals surface area contributed by atoms with Crippen molar-refractivity contribution >= 4 is 20.8 Å². The van der Waals surface area contributed by atoms with Gasteiger partial charge >= 0.3 is 20.8 Å². The monoisotopic (exact) mass is 337 g/mol. The zero-order chi connectivity index (χ0) is 17.2. The van der Waals surface area contributed by atoms with Gasteiger partial charge in [0.25, 0.3) is 0 Å². The van der Waals surface area contributed by atoms with E-state index < -0.39 is 20.8 Å². The number of urea groups is 1. The lowest BCUT2D eigenvalue weighted by atomic mass is 10.4. The highest BCUT2D eigenvalue weighted by Gasteiger charge is 2.37. The molecule has 0 bridgehead atoms. The maximum Gasteiger partial charge on any atom is 0.500 e. The van der Waals surface area contributed by atoms with Crippen molar-refractivity contribution in [3.8, 4) is 0 Å². The number of carboxylic acids is 1. The van der Waals surface area contributed by atoms with Gasteiger partial charge in [0.2, 0.25) is 0 Å². The molecule has 3 N–H and O–H groups in total. The number of nitrogens with zero attached hydrogens (tertiary/aromatic N) is 2. The number of amides is 2. The van der Waals surface area contributed by atoms with Gasteiger partial charge in [-0.2, -0.15) is 0 Å². The fraction of sp³-hybridized carbons (Fsp3) is 0.833. The van der Waals surface area contributed by atoms with Crippen molar-refractivity contribution in [1.82, 2.24) is 9.80 Å². The second kappa shape index (κ2) is 10.5. The SMILES string of the molecule is CO[Si](CCCN(CCN(C)CC(=O)O)C(N)=O)(OC)OC. The largest absolute Gasteiger partial charge is 0.500 e. The van der Waals surface area contributed by atoms with Crippen LogP contribution in [0.5, 0.6) is 0 Å². The summed E-state index contributed by atoms with van der Waals surface area (Å²) in [4.78, 5) is 25.1. The third-order valence-corrected chi connectivity index (χ3v) is 6.14. The second-order valence-corrected chi connectivity index (χ2v) is 7.95. The van der Waals surface area contributed by atoms with Gasteiger partial charge in [-0.05, 0) is 13.5 Å². The molecule has 0 aromatic rings. The third kappa shape index (κ3) is 7.71. The molecule has 0 unspecified atom stereocenters. The molecule has 9 nitrogen and oxygen atoms in total. The number of hydrogen-bond donors (Lipinski definition) is 2. The molecule has 0 saturated heterocycles. The Labute approximate surface area is 132 Å². The summed E-state index contributed by atoms with van der Waals surface area (Å²) >= 11 is 0. The molecule has 0 fully saturated rings. The van der Waals surface area contributed by atoms with E-state index in [1.54, 1.807) is 11.9 Å². The van der Waals surface area contributed by atoms with Gasteiger partial charge in [0.05, 0.1) is 6.54 Å². The van der Waals surface area contributed by atoms with Gasteiger partial charge in [-0.15, -0.1) is 0 Å². The highest BCUT2D eigenvalue weighted by atomic mass is 28.4. The van der Waals surface area contributed by atoms with Crippen molar-refractivity contribution in [1.29, 1.82) is 0 Å². The lowest BCUT2D eigenvalue weighted by Gasteiger charge is -2.27. The van der Waals surface area contributed by atoms with E-state index in [1.165, 1.54) is 26.2 Å². The molecule has 0 spiro atoms. The fourth-order valence-electron chi connectivity index (χ4n) is 1.98. The average Bonchev–Trinajstić information content (AvgIpc) is 2.46. The van der Waals surface area contributed by atoms with Crippen LogP contribution in [0.15, 0.2) is 0 Å². The Kier molecular flexibility index (Phi) is 9.94. The van der Waals surface area contributed by atoms with Gasteiger partial charge in [0, 0.05) is 47.0 Å². The smallest absolute Gasteiger partial charge is 0.480 e. The molecule has 0 aliphatic heterocycles. The first-order valence-corrected chi connectivity index (χ1v) is 8.83. The molecule has 0 saturated carbocycles. The number of rotatable bonds is 12. The minimum Gasteiger partial charge on any atom is -0.480 e. The number of aliphatic carboxylic acids is 1. The quantitative estimate of drug-likeness (QED) is 0.468. The molecule has 0 heterocycles. The number of likely N-dealkylation sites (N-methyl/N-ethyl adjacent to an activating group) is 1. The van der Waals surface area contributed by atoms with E-state index in [0.29, 0.717) is 32.1 Å². The molecular weight excluding hydrogens is 310 g/mol. The minimum absolute atomic E-state index is 0.0837. The van der Waals surface area contributed by atoms with Crippen molar-refractivity contribution in [2.45, 2.75) is 12.5 Å². The molecule has 0 aliphatic carbocycles. The standard InChI is InChI=1S/C12H27N3O6Si/c1-14(10-11(16)17)7-8-15(12(13)18)6-5-9-22(19-2,20-3)21-4/h5-10H2,1-4H3,(H2,13,18)(H,16,17). The van der Waals surface area contributed by atoms with Crippen molar-refractivity contribution < 1.29 is 28.0 Å². The number of nitrogens with two attached hydrogens (primary N) is 1. The number of hydrogen-bond acceptors (Lipinski definition) is 6. The summed E-state index contributed by atoms with van der Waals surface area (Å²) in [6, 6.07) is 0.0221. The van der Waals surface area contributed by atoms with Gasteiger partial charge in [0.1, 0.15) is 0 Å². The molecule has 0 radical (unpaired) electrons. The molecule has 130 valence electrons. The molecule has 0 aromatic heterocycles. The summed E-state index contributed by atoms with van der Waals surface area (Å²) < 4.78 is 15.9. The van der Waals surface area contributed by atoms with Gasteiger partial charge in [-0.1, -0.05) is 0 Å². The average molecular weight is 337 g/mol. The Morgan fingerprint density at radius 3 is 2.05 bits per heavy atom. The van der Waals surface area contributed by atoms with Gasteiger partial charge in [-0.25, -0.2) is 4.79 Å². The van der Waals surface area contributed by atoms with Crippen LogP contribution in [0.1, 0.15) is 6.42 Å². The van der Waals surface area contributed by atoms with Gasteiger partial charge < -0.3 is 29.0 Å². The van der Waals surface area contributed by atoms with Crippen LogP contribution in [-0.4, -0.2) is 90.3 Å². The highest BCUT2D eigenvalue weighted by molar-refractivity contribution is 6.60. The summed E-state index contributed by atoms with van der Waals surface area (Å²) in [6.07, 6.45) is 0.618. The maximum absolute atomic E-state index is 11.4. The molecule has 10 heteroatoms. The number of carbonyl (C=O) groups excluding carboxylic acids is 1. The predicted octanol–water partition coefficient (Wildman–Crippen LogP) is -0.348. The number of carbonyl (C=O) groups is 2. The molecule has 22 heavy (non-hydrogen) atoms. The van der Waals surface area contributed by atoms with Crippen LogP contribution in [0.25, 0.3) is 0 Å². The minimum atomic E-state index is -2.65. The third-order valence-electron chi connectivity index (χ3n) is 3.31. The molecule has 0 atom stereocenters. The highest BCUT2D eigenvalue weighted by Crippen LogP contribution is 2.15. The zero-order valence-corrected chi connectivity index (χ0v) is 14.7. The molecule has 2 amide bonds. The van der Waals surface area contributed by atoms with Crippen molar-refractivity contribution in [3.05, 3.63) is 0 Å². The zero-order valence-electron chi connectivity index (χ0n) is 13.7. The first-order valence-electron chi connectivity index (χ1n) is 6.90. The first-order chi connectivity index (χ1) is 10.3. The van der Waals surface area contributed by atoms with Crippen LogP contribution < -0.4 is 5.73 Å². The Bertz CT molecular complexity index is 345. The van der Waals surface area contributed by atoms with Crippen molar-refractivity contribution in [2.75, 3.05) is 54.6 Å². The maximum atomic E-state index is 11.4. The lowest BCUT2D eigenvalue weighted by molar-refractivity contribution is -0.138. The summed E-state index contributed by atoms with van der Waals surface area (Å²) in [6.45, 7) is 1.14. The Balaban J connectivity index is 4.31. The van der Waals surface area contributed by atoms with E-state index in [1.807, 2.05) is 0 Å². The van der Waals surface area contributed by atoms with E-state index in [2.05, 4.69) is 0 Å². The van der Waals surface area contributed by atoms with Crippen LogP contribution >= 0.6 is 0 Å². The van der Waals surface area contributed by atoms with Crippen molar-refractivity contribution in [2.24, 2.45) is 5.73 Å². The van der Waals surface area contributed by atoms with Crippen LogP contribution in [0.2, 0.25) is 6.04 Å². The Morgan fingerprint density at radius 2 is 1.64 bits per heavy atom. The van der Waals surface area contributed by atoms with Crippen LogP contribution in [0.4, 0.5) is 4.79 Å². The summed E-state index contributed by atoms with van der Waals surface area (Å²) in [5.41, 5.74) is 5.34. The van der Waals surface area contributed by atoms with Crippen LogP contribution in [0.3, 0.4) is 0 Å².